The third-order valence-corrected chi connectivity index (χ3v) is 8.21. The largest absolute Gasteiger partial charge is 0.495 e. The molecule has 0 bridgehead atoms. The number of alkyl halides is 3. The summed E-state index contributed by atoms with van der Waals surface area (Å²) in [7, 11) is -2.73. The fourth-order valence-electron chi connectivity index (χ4n) is 4.38. The summed E-state index contributed by atoms with van der Waals surface area (Å²) in [5.74, 6) is -0.114. The summed E-state index contributed by atoms with van der Waals surface area (Å²) in [5, 5.41) is 0.108. The van der Waals surface area contributed by atoms with Crippen molar-refractivity contribution in [3.05, 3.63) is 88.9 Å². The molecule has 4 rings (SSSR count). The van der Waals surface area contributed by atoms with Crippen LogP contribution in [-0.2, 0) is 27.4 Å². The van der Waals surface area contributed by atoms with Gasteiger partial charge in [0, 0.05) is 31.9 Å². The second-order valence-electron chi connectivity index (χ2n) is 9.02. The third kappa shape index (κ3) is 7.03. The Balaban J connectivity index is 1.51. The molecular weight excluding hydrogens is 555 g/mol. The van der Waals surface area contributed by atoms with E-state index in [1.807, 2.05) is 6.07 Å². The molecule has 39 heavy (non-hydrogen) atoms. The maximum atomic E-state index is 13.6. The number of sulfonamides is 1. The summed E-state index contributed by atoms with van der Waals surface area (Å²) in [6, 6.07) is 17.0. The molecule has 1 fully saturated rings. The molecule has 12 heteroatoms. The lowest BCUT2D eigenvalue weighted by Gasteiger charge is -2.38. The number of hydrogen-bond donors (Lipinski definition) is 1. The van der Waals surface area contributed by atoms with Gasteiger partial charge >= 0.3 is 6.18 Å². The van der Waals surface area contributed by atoms with Crippen LogP contribution in [0.2, 0.25) is 5.02 Å². The highest BCUT2D eigenvalue weighted by molar-refractivity contribution is 7.89. The van der Waals surface area contributed by atoms with Crippen LogP contribution in [0.1, 0.15) is 11.1 Å². The van der Waals surface area contributed by atoms with E-state index in [-0.39, 0.29) is 29.4 Å². The van der Waals surface area contributed by atoms with Crippen LogP contribution in [0, 0.1) is 0 Å². The van der Waals surface area contributed by atoms with Gasteiger partial charge in [-0.1, -0.05) is 48.0 Å². The van der Waals surface area contributed by atoms with Gasteiger partial charge in [0.2, 0.25) is 15.9 Å². The number of amides is 1. The molecule has 0 radical (unpaired) electrons. The highest BCUT2D eigenvalue weighted by atomic mass is 35.5. The van der Waals surface area contributed by atoms with Gasteiger partial charge in [-0.25, -0.2) is 8.42 Å². The molecule has 0 spiro atoms. The second-order valence-corrected chi connectivity index (χ2v) is 11.1. The molecule has 1 unspecified atom stereocenters. The van der Waals surface area contributed by atoms with Crippen LogP contribution in [0.4, 0.5) is 18.9 Å². The molecule has 3 aromatic rings. The molecule has 1 heterocycles. The number of nitrogens with zero attached hydrogens (tertiary/aromatic N) is 2. The van der Waals surface area contributed by atoms with Crippen molar-refractivity contribution in [3.8, 4) is 5.75 Å². The van der Waals surface area contributed by atoms with Gasteiger partial charge in [-0.2, -0.15) is 17.9 Å². The third-order valence-electron chi connectivity index (χ3n) is 6.44. The minimum atomic E-state index is -4.45. The molecule has 1 amide bonds. The van der Waals surface area contributed by atoms with Crippen molar-refractivity contribution in [2.75, 3.05) is 38.2 Å². The van der Waals surface area contributed by atoms with Crippen LogP contribution in [0.15, 0.2) is 77.7 Å². The maximum Gasteiger partial charge on any atom is 0.416 e. The number of carbonyl (C=O) groups is 1. The van der Waals surface area contributed by atoms with E-state index < -0.39 is 33.7 Å². The predicted octanol–water partition coefficient (Wildman–Crippen LogP) is 4.61. The van der Waals surface area contributed by atoms with Crippen molar-refractivity contribution in [2.24, 2.45) is 0 Å². The van der Waals surface area contributed by atoms with Gasteiger partial charge in [-0.15, -0.1) is 0 Å². The fourth-order valence-corrected chi connectivity index (χ4v) is 5.92. The lowest BCUT2D eigenvalue weighted by molar-refractivity contribution is -0.137. The normalized spacial score (nSPS) is 15.2. The highest BCUT2D eigenvalue weighted by Crippen LogP contribution is 2.32. The Hall–Kier alpha value is -3.28. The molecule has 3 aromatic carbocycles. The quantitative estimate of drug-likeness (QED) is 0.420. The topological polar surface area (TPSA) is 78.9 Å². The van der Waals surface area contributed by atoms with Gasteiger partial charge in [-0.3, -0.25) is 4.79 Å². The number of methoxy groups -OCH3 is 1. The zero-order valence-electron chi connectivity index (χ0n) is 21.0. The van der Waals surface area contributed by atoms with E-state index in [9.17, 15) is 26.4 Å². The van der Waals surface area contributed by atoms with Gasteiger partial charge in [0.1, 0.15) is 11.8 Å². The fraction of sp³-hybridized carbons (Fsp3) is 0.296. The number of hydrogen-bond acceptors (Lipinski definition) is 5. The van der Waals surface area contributed by atoms with E-state index in [0.717, 1.165) is 17.7 Å². The van der Waals surface area contributed by atoms with Gasteiger partial charge in [0.25, 0.3) is 0 Å². The molecular formula is C27H27ClF3N3O4S. The Morgan fingerprint density at radius 3 is 2.31 bits per heavy atom. The summed E-state index contributed by atoms with van der Waals surface area (Å²) in [4.78, 5) is 16.8. The van der Waals surface area contributed by atoms with Crippen molar-refractivity contribution in [1.82, 2.24) is 9.62 Å². The van der Waals surface area contributed by atoms with Crippen LogP contribution in [0.3, 0.4) is 0 Å². The SMILES string of the molecule is COc1ccc(S(=O)(=O)NC(Cc2ccccc2)C(=O)N2CCN(c3cccc(C(F)(F)F)c3)CC2)cc1Cl. The second kappa shape index (κ2) is 11.8. The van der Waals surface area contributed by atoms with Crippen molar-refractivity contribution < 1.29 is 31.1 Å². The van der Waals surface area contributed by atoms with Gasteiger partial charge in [0.05, 0.1) is 22.6 Å². The first-order valence-electron chi connectivity index (χ1n) is 12.1. The van der Waals surface area contributed by atoms with Gasteiger partial charge < -0.3 is 14.5 Å². The molecule has 208 valence electrons. The highest BCUT2D eigenvalue weighted by Gasteiger charge is 2.33. The molecule has 1 N–H and O–H groups in total. The van der Waals surface area contributed by atoms with Crippen molar-refractivity contribution in [3.63, 3.8) is 0 Å². The molecule has 1 aliphatic rings. The van der Waals surface area contributed by atoms with Gasteiger partial charge in [-0.05, 0) is 48.4 Å². The molecule has 1 atom stereocenters. The van der Waals surface area contributed by atoms with Crippen LogP contribution in [0.5, 0.6) is 5.75 Å². The minimum absolute atomic E-state index is 0.108. The van der Waals surface area contributed by atoms with E-state index in [4.69, 9.17) is 16.3 Å². The molecule has 1 saturated heterocycles. The summed E-state index contributed by atoms with van der Waals surface area (Å²) in [5.41, 5.74) is 0.429. The summed E-state index contributed by atoms with van der Waals surface area (Å²) in [6.07, 6.45) is -4.35. The molecule has 1 aliphatic heterocycles. The average Bonchev–Trinajstić information content (AvgIpc) is 2.92. The van der Waals surface area contributed by atoms with E-state index in [2.05, 4.69) is 4.72 Å². The number of nitrogens with one attached hydrogen (secondary N) is 1. The molecule has 0 aliphatic carbocycles. The maximum absolute atomic E-state index is 13.6. The molecule has 7 nitrogen and oxygen atoms in total. The van der Waals surface area contributed by atoms with Crippen molar-refractivity contribution in [2.45, 2.75) is 23.5 Å². The smallest absolute Gasteiger partial charge is 0.416 e. The zero-order valence-corrected chi connectivity index (χ0v) is 22.6. The van der Waals surface area contributed by atoms with Crippen molar-refractivity contribution in [1.29, 1.82) is 0 Å². The number of piperazine rings is 1. The van der Waals surface area contributed by atoms with Crippen LogP contribution >= 0.6 is 11.6 Å². The summed E-state index contributed by atoms with van der Waals surface area (Å²) in [6.45, 7) is 1.03. The first kappa shape index (κ1) is 28.7. The molecule has 0 aromatic heterocycles. The lowest BCUT2D eigenvalue weighted by atomic mass is 10.1. The lowest BCUT2D eigenvalue weighted by Crippen LogP contribution is -2.55. The van der Waals surface area contributed by atoms with E-state index in [1.54, 1.807) is 35.2 Å². The number of benzene rings is 3. The Kier molecular flexibility index (Phi) is 8.73. The Morgan fingerprint density at radius 2 is 1.69 bits per heavy atom. The monoisotopic (exact) mass is 581 g/mol. The minimum Gasteiger partial charge on any atom is -0.495 e. The van der Waals surface area contributed by atoms with E-state index in [1.165, 1.54) is 36.3 Å². The van der Waals surface area contributed by atoms with E-state index in [0.29, 0.717) is 24.5 Å². The number of rotatable bonds is 8. The zero-order chi connectivity index (χ0) is 28.2. The van der Waals surface area contributed by atoms with Crippen LogP contribution in [0.25, 0.3) is 0 Å². The Bertz CT molecular complexity index is 1410. The first-order chi connectivity index (χ1) is 18.5. The molecule has 0 saturated carbocycles. The van der Waals surface area contributed by atoms with Crippen LogP contribution < -0.4 is 14.4 Å². The number of carbonyl (C=O) groups excluding carboxylic acids is 1. The Labute approximate surface area is 230 Å². The summed E-state index contributed by atoms with van der Waals surface area (Å²) >= 11 is 6.13. The standard InChI is InChI=1S/C27H27ClF3N3O4S/c1-38-25-11-10-22(18-23(25)28)39(36,37)32-24(16-19-6-3-2-4-7-19)26(35)34-14-12-33(13-15-34)21-9-5-8-20(17-21)27(29,30)31/h2-11,17-18,24,32H,12-16H2,1H3. The van der Waals surface area contributed by atoms with Gasteiger partial charge in [0.15, 0.2) is 0 Å². The predicted molar refractivity (Wildman–Crippen MR) is 142 cm³/mol. The van der Waals surface area contributed by atoms with Crippen LogP contribution in [-0.4, -0.2) is 58.6 Å². The number of halogens is 4. The Morgan fingerprint density at radius 1 is 1.00 bits per heavy atom. The van der Waals surface area contributed by atoms with Crippen molar-refractivity contribution >= 4 is 33.2 Å². The number of anilines is 1. The number of ether oxygens (including phenoxy) is 1. The average molecular weight is 582 g/mol. The van der Waals surface area contributed by atoms with E-state index >= 15 is 0 Å². The summed E-state index contributed by atoms with van der Waals surface area (Å²) < 4.78 is 73.5. The first-order valence-corrected chi connectivity index (χ1v) is 13.9.